The highest BCUT2D eigenvalue weighted by Gasteiger charge is 2.16. The molecule has 0 aliphatic rings. The first kappa shape index (κ1) is 26.6. The van der Waals surface area contributed by atoms with E-state index in [4.69, 9.17) is 10.8 Å². The van der Waals surface area contributed by atoms with E-state index < -0.39 is 0 Å². The van der Waals surface area contributed by atoms with Crippen LogP contribution in [0.5, 0.6) is 0 Å². The number of nitrogens with zero attached hydrogens (tertiary/aromatic N) is 4. The zero-order valence-corrected chi connectivity index (χ0v) is 23.2. The van der Waals surface area contributed by atoms with Gasteiger partial charge < -0.3 is 9.73 Å². The Bertz CT molecular complexity index is 1870. The molecule has 204 valence electrons. The number of fused-ring (bicyclic) bond motifs is 2. The van der Waals surface area contributed by atoms with Gasteiger partial charge in [0, 0.05) is 27.8 Å². The van der Waals surface area contributed by atoms with Gasteiger partial charge in [-0.05, 0) is 72.5 Å². The maximum Gasteiger partial charge on any atom is 0.141 e. The molecule has 6 aromatic rings. The van der Waals surface area contributed by atoms with Crippen LogP contribution in [0.15, 0.2) is 89.7 Å². The van der Waals surface area contributed by atoms with Crippen molar-refractivity contribution in [2.45, 2.75) is 12.6 Å². The fraction of sp³-hybridized carbons (Fsp3) is 0.156. The summed E-state index contributed by atoms with van der Waals surface area (Å²) in [5.74, 6) is 5.52. The first-order valence-electron chi connectivity index (χ1n) is 13.1. The molecule has 1 atom stereocenters. The molecular weight excluding hydrogens is 535 g/mol. The fourth-order valence-corrected chi connectivity index (χ4v) is 5.45. The molecule has 3 aromatic carbocycles. The number of rotatable bonds is 10. The summed E-state index contributed by atoms with van der Waals surface area (Å²) < 4.78 is 21.8. The lowest BCUT2D eigenvalue weighted by atomic mass is 10.1. The molecule has 41 heavy (non-hydrogen) atoms. The maximum atomic E-state index is 13.6. The van der Waals surface area contributed by atoms with E-state index in [2.05, 4.69) is 37.9 Å². The lowest BCUT2D eigenvalue weighted by Gasteiger charge is -2.13. The summed E-state index contributed by atoms with van der Waals surface area (Å²) in [5.41, 5.74) is 4.43. The summed E-state index contributed by atoms with van der Waals surface area (Å²) in [4.78, 5) is 8.99. The highest BCUT2D eigenvalue weighted by atomic mass is 32.2. The van der Waals surface area contributed by atoms with Gasteiger partial charge >= 0.3 is 0 Å². The Morgan fingerprint density at radius 3 is 2.85 bits per heavy atom. The zero-order chi connectivity index (χ0) is 28.2. The second-order valence-electron chi connectivity index (χ2n) is 9.58. The standard InChI is InChI=1S/C32H27FN6OS/c1-3-13-34-28(19-41-2)31-12-11-30(40-31)22-7-9-27-26(16-22)32(36-20-35-27)38-25-8-10-29-23(15-25)17-37-39(29)18-21-5-4-6-24(33)14-21/h1,4-12,14-17,20,28,34H,13,18-19H2,2H3,(H,35,36,38)/t28-/m1/s1. The molecule has 0 amide bonds. The molecule has 2 N–H and O–H groups in total. The summed E-state index contributed by atoms with van der Waals surface area (Å²) in [6.45, 7) is 0.961. The van der Waals surface area contributed by atoms with Crippen LogP contribution in [-0.2, 0) is 6.54 Å². The molecule has 0 aliphatic carbocycles. The highest BCUT2D eigenvalue weighted by Crippen LogP contribution is 2.32. The van der Waals surface area contributed by atoms with Crippen molar-refractivity contribution in [3.63, 3.8) is 0 Å². The topological polar surface area (TPSA) is 80.8 Å². The Balaban J connectivity index is 1.26. The monoisotopic (exact) mass is 562 g/mol. The van der Waals surface area contributed by atoms with Crippen molar-refractivity contribution in [2.75, 3.05) is 23.9 Å². The van der Waals surface area contributed by atoms with E-state index in [-0.39, 0.29) is 11.9 Å². The first-order valence-corrected chi connectivity index (χ1v) is 14.5. The van der Waals surface area contributed by atoms with E-state index in [9.17, 15) is 4.39 Å². The molecule has 0 saturated carbocycles. The van der Waals surface area contributed by atoms with Crippen LogP contribution in [0.2, 0.25) is 0 Å². The van der Waals surface area contributed by atoms with E-state index in [0.717, 1.165) is 55.9 Å². The lowest BCUT2D eigenvalue weighted by Crippen LogP contribution is -2.23. The van der Waals surface area contributed by atoms with Crippen LogP contribution in [0.25, 0.3) is 33.1 Å². The molecule has 6 rings (SSSR count). The van der Waals surface area contributed by atoms with Crippen molar-refractivity contribution in [1.82, 2.24) is 25.1 Å². The summed E-state index contributed by atoms with van der Waals surface area (Å²) >= 11 is 1.73. The number of hydrogen-bond acceptors (Lipinski definition) is 7. The Morgan fingerprint density at radius 2 is 2.00 bits per heavy atom. The molecule has 0 radical (unpaired) electrons. The molecule has 9 heteroatoms. The number of aromatic nitrogens is 4. The van der Waals surface area contributed by atoms with Crippen molar-refractivity contribution >= 4 is 45.1 Å². The van der Waals surface area contributed by atoms with Gasteiger partial charge in [-0.3, -0.25) is 10.00 Å². The summed E-state index contributed by atoms with van der Waals surface area (Å²) in [6.07, 6.45) is 10.9. The van der Waals surface area contributed by atoms with Crippen LogP contribution in [0.4, 0.5) is 15.9 Å². The first-order chi connectivity index (χ1) is 20.1. The number of terminal acetylenes is 1. The van der Waals surface area contributed by atoms with Gasteiger partial charge in [0.05, 0.1) is 36.4 Å². The third kappa shape index (κ3) is 5.80. The lowest BCUT2D eigenvalue weighted by molar-refractivity contribution is 0.455. The van der Waals surface area contributed by atoms with Crippen LogP contribution >= 0.6 is 11.8 Å². The molecule has 0 spiro atoms. The molecule has 0 saturated heterocycles. The third-order valence-electron chi connectivity index (χ3n) is 6.80. The number of benzene rings is 3. The minimum atomic E-state index is -0.255. The molecule has 0 bridgehead atoms. The van der Waals surface area contributed by atoms with Crippen molar-refractivity contribution in [3.8, 4) is 23.7 Å². The van der Waals surface area contributed by atoms with E-state index >= 15 is 0 Å². The Kier molecular flexibility index (Phi) is 7.67. The highest BCUT2D eigenvalue weighted by molar-refractivity contribution is 7.98. The van der Waals surface area contributed by atoms with Crippen LogP contribution < -0.4 is 10.6 Å². The van der Waals surface area contributed by atoms with Gasteiger partial charge in [0.2, 0.25) is 0 Å². The van der Waals surface area contributed by atoms with Crippen LogP contribution in [0.3, 0.4) is 0 Å². The molecule has 0 fully saturated rings. The minimum absolute atomic E-state index is 0.0314. The largest absolute Gasteiger partial charge is 0.459 e. The van der Waals surface area contributed by atoms with Gasteiger partial charge in [0.25, 0.3) is 0 Å². The quantitative estimate of drug-likeness (QED) is 0.178. The van der Waals surface area contributed by atoms with E-state index in [1.54, 1.807) is 24.2 Å². The number of halogens is 1. The average Bonchev–Trinajstić information content (AvgIpc) is 3.63. The predicted octanol–water partition coefficient (Wildman–Crippen LogP) is 6.80. The van der Waals surface area contributed by atoms with Crippen LogP contribution in [-0.4, -0.2) is 38.3 Å². The smallest absolute Gasteiger partial charge is 0.141 e. The van der Waals surface area contributed by atoms with Gasteiger partial charge in [0.15, 0.2) is 0 Å². The molecular formula is C32H27FN6OS. The normalized spacial score (nSPS) is 12.0. The second kappa shape index (κ2) is 11.8. The number of furan rings is 1. The molecule has 0 unspecified atom stereocenters. The maximum absolute atomic E-state index is 13.6. The Labute approximate surface area is 241 Å². The molecule has 7 nitrogen and oxygen atoms in total. The summed E-state index contributed by atoms with van der Waals surface area (Å²) in [6, 6.07) is 22.6. The van der Waals surface area contributed by atoms with E-state index in [1.165, 1.54) is 12.1 Å². The fourth-order valence-electron chi connectivity index (χ4n) is 4.83. The van der Waals surface area contributed by atoms with Crippen LogP contribution in [0.1, 0.15) is 17.4 Å². The zero-order valence-electron chi connectivity index (χ0n) is 22.3. The van der Waals surface area contributed by atoms with Crippen LogP contribution in [0, 0.1) is 18.2 Å². The number of thioether (sulfide) groups is 1. The molecule has 3 aromatic heterocycles. The number of hydrogen-bond donors (Lipinski definition) is 2. The van der Waals surface area contributed by atoms with Gasteiger partial charge in [-0.15, -0.1) is 6.42 Å². The molecule has 3 heterocycles. The van der Waals surface area contributed by atoms with Gasteiger partial charge in [-0.2, -0.15) is 16.9 Å². The van der Waals surface area contributed by atoms with Crippen molar-refractivity contribution < 1.29 is 8.81 Å². The van der Waals surface area contributed by atoms with E-state index in [1.807, 2.05) is 65.5 Å². The van der Waals surface area contributed by atoms with Crippen molar-refractivity contribution in [3.05, 3.63) is 102 Å². The van der Waals surface area contributed by atoms with Gasteiger partial charge in [-0.25, -0.2) is 14.4 Å². The van der Waals surface area contributed by atoms with Gasteiger partial charge in [0.1, 0.15) is 29.5 Å². The summed E-state index contributed by atoms with van der Waals surface area (Å²) in [7, 11) is 0. The Morgan fingerprint density at radius 1 is 1.07 bits per heavy atom. The predicted molar refractivity (Wildman–Crippen MR) is 164 cm³/mol. The van der Waals surface area contributed by atoms with Crippen molar-refractivity contribution in [1.29, 1.82) is 0 Å². The Hall–Kier alpha value is -4.65. The third-order valence-corrected chi connectivity index (χ3v) is 7.47. The number of anilines is 2. The SMILES string of the molecule is C#CCN[C@H](CSC)c1ccc(-c2ccc3ncnc(Nc4ccc5c(cnn5Cc5cccc(F)c5)c4)c3c2)o1. The summed E-state index contributed by atoms with van der Waals surface area (Å²) in [5, 5.41) is 13.1. The van der Waals surface area contributed by atoms with Gasteiger partial charge in [-0.1, -0.05) is 18.1 Å². The minimum Gasteiger partial charge on any atom is -0.459 e. The van der Waals surface area contributed by atoms with E-state index in [0.29, 0.717) is 18.9 Å². The number of nitrogens with one attached hydrogen (secondary N) is 2. The average molecular weight is 563 g/mol. The second-order valence-corrected chi connectivity index (χ2v) is 10.5. The molecule has 0 aliphatic heterocycles. The van der Waals surface area contributed by atoms with Crippen molar-refractivity contribution in [2.24, 2.45) is 0 Å².